The lowest BCUT2D eigenvalue weighted by Gasteiger charge is -2.20. The number of nitrogens with zero attached hydrogens (tertiary/aromatic N) is 2. The molecule has 9 rings (SSSR count). The molecule has 0 aliphatic rings. The van der Waals surface area contributed by atoms with Crippen LogP contribution in [-0.2, 0) is 25.9 Å². The Kier molecular flexibility index (Phi) is 5.66. The van der Waals surface area contributed by atoms with Gasteiger partial charge in [0.1, 0.15) is 0 Å². The van der Waals surface area contributed by atoms with Crippen molar-refractivity contribution in [2.45, 2.75) is 25.9 Å². The fourth-order valence-corrected chi connectivity index (χ4v) is 7.58. The highest BCUT2D eigenvalue weighted by Gasteiger charge is 2.23. The third-order valence-electron chi connectivity index (χ3n) is 9.78. The first kappa shape index (κ1) is 26.5. The highest BCUT2D eigenvalue weighted by molar-refractivity contribution is 6.39. The first-order valence-electron chi connectivity index (χ1n) is 15.6. The molecular weight excluding hydrogens is 572 g/mol. The zero-order valence-corrected chi connectivity index (χ0v) is 24.8. The fourth-order valence-electron chi connectivity index (χ4n) is 7.58. The maximum absolute atomic E-state index is 13.9. The van der Waals surface area contributed by atoms with Crippen molar-refractivity contribution in [3.63, 3.8) is 0 Å². The molecule has 0 unspecified atom stereocenters. The monoisotopic (exact) mass is 600 g/mol. The summed E-state index contributed by atoms with van der Waals surface area (Å²) in [7, 11) is 0. The van der Waals surface area contributed by atoms with Gasteiger partial charge in [0.2, 0.25) is 11.8 Å². The molecule has 2 heterocycles. The minimum atomic E-state index is -0.221. The highest BCUT2D eigenvalue weighted by atomic mass is 16.3. The quantitative estimate of drug-likeness (QED) is 0.151. The van der Waals surface area contributed by atoms with Crippen LogP contribution >= 0.6 is 0 Å². The van der Waals surface area contributed by atoms with E-state index in [2.05, 4.69) is 0 Å². The average Bonchev–Trinajstić information content (AvgIpc) is 3.09. The van der Waals surface area contributed by atoms with Gasteiger partial charge in [-0.05, 0) is 80.6 Å². The zero-order valence-electron chi connectivity index (χ0n) is 24.8. The average molecular weight is 601 g/mol. The summed E-state index contributed by atoms with van der Waals surface area (Å²) in [5.74, 6) is -0.0669. The van der Waals surface area contributed by atoms with Gasteiger partial charge in [0, 0.05) is 45.4 Å². The Morgan fingerprint density at radius 1 is 0.391 bits per heavy atom. The molecule has 0 radical (unpaired) electrons. The van der Waals surface area contributed by atoms with Gasteiger partial charge in [0.05, 0.1) is 0 Å². The summed E-state index contributed by atoms with van der Waals surface area (Å²) in [5, 5.41) is 32.3. The normalized spacial score (nSPS) is 12.2. The van der Waals surface area contributed by atoms with Gasteiger partial charge in [-0.15, -0.1) is 0 Å². The van der Waals surface area contributed by atoms with E-state index in [0.717, 1.165) is 54.2 Å². The molecule has 0 aliphatic heterocycles. The molecule has 0 bridgehead atoms. The first-order chi connectivity index (χ1) is 22.5. The summed E-state index contributed by atoms with van der Waals surface area (Å²) in [6.45, 7) is 0.729. The largest absolute Gasteiger partial charge is 0.494 e. The Balaban J connectivity index is 1.28. The lowest BCUT2D eigenvalue weighted by molar-refractivity contribution is 0.414. The third-order valence-corrected chi connectivity index (χ3v) is 9.78. The van der Waals surface area contributed by atoms with Crippen LogP contribution in [0.25, 0.3) is 64.6 Å². The molecule has 0 fully saturated rings. The minimum Gasteiger partial charge on any atom is -0.494 e. The van der Waals surface area contributed by atoms with Crippen LogP contribution in [0, 0.1) is 0 Å². The molecule has 2 aromatic heterocycles. The molecule has 6 heteroatoms. The van der Waals surface area contributed by atoms with Gasteiger partial charge < -0.3 is 10.2 Å². The van der Waals surface area contributed by atoms with E-state index in [0.29, 0.717) is 47.5 Å². The molecule has 6 nitrogen and oxygen atoms in total. The van der Waals surface area contributed by atoms with E-state index in [1.54, 1.807) is 0 Å². The summed E-state index contributed by atoms with van der Waals surface area (Å²) in [6, 6.07) is 35.3. The van der Waals surface area contributed by atoms with E-state index in [1.165, 1.54) is 9.13 Å². The van der Waals surface area contributed by atoms with E-state index in [4.69, 9.17) is 0 Å². The third kappa shape index (κ3) is 3.64. The van der Waals surface area contributed by atoms with Crippen molar-refractivity contribution in [2.24, 2.45) is 0 Å². The van der Waals surface area contributed by atoms with Crippen LogP contribution < -0.4 is 11.1 Å². The maximum atomic E-state index is 13.9. The molecule has 0 amide bonds. The van der Waals surface area contributed by atoms with Crippen LogP contribution in [0.3, 0.4) is 0 Å². The number of pyridine rings is 2. The van der Waals surface area contributed by atoms with Crippen LogP contribution in [0.2, 0.25) is 0 Å². The Labute approximate surface area is 262 Å². The number of aryl methyl sites for hydroxylation is 2. The zero-order chi connectivity index (χ0) is 31.1. The van der Waals surface area contributed by atoms with Gasteiger partial charge in [-0.25, -0.2) is 0 Å². The Hall–Kier alpha value is -5.88. The predicted octanol–water partition coefficient (Wildman–Crippen LogP) is 7.70. The van der Waals surface area contributed by atoms with Crippen molar-refractivity contribution in [1.29, 1.82) is 0 Å². The number of benzene rings is 7. The van der Waals surface area contributed by atoms with E-state index in [-0.39, 0.29) is 22.9 Å². The van der Waals surface area contributed by atoms with Crippen molar-refractivity contribution in [1.82, 2.24) is 9.13 Å². The summed E-state index contributed by atoms with van der Waals surface area (Å²) >= 11 is 0. The molecule has 0 spiro atoms. The van der Waals surface area contributed by atoms with Crippen LogP contribution in [0.4, 0.5) is 0 Å². The summed E-state index contributed by atoms with van der Waals surface area (Å²) < 4.78 is 2.95. The number of hydrogen-bond acceptors (Lipinski definition) is 4. The second-order valence-electron chi connectivity index (χ2n) is 12.2. The Morgan fingerprint density at radius 3 is 1.07 bits per heavy atom. The fraction of sp³-hybridized carbons (Fsp3) is 0.100. The smallest absolute Gasteiger partial charge is 0.261 e. The summed E-state index contributed by atoms with van der Waals surface area (Å²) in [4.78, 5) is 27.7. The molecule has 2 N–H and O–H groups in total. The van der Waals surface area contributed by atoms with Crippen molar-refractivity contribution in [3.8, 4) is 11.8 Å². The number of aromatic hydroxyl groups is 2. The van der Waals surface area contributed by atoms with Crippen LogP contribution in [0.5, 0.6) is 11.8 Å². The molecule has 7 aromatic carbocycles. The van der Waals surface area contributed by atoms with E-state index < -0.39 is 0 Å². The number of hydrogen-bond donors (Lipinski definition) is 2. The topological polar surface area (TPSA) is 84.5 Å². The van der Waals surface area contributed by atoms with E-state index in [1.807, 2.05) is 109 Å². The van der Waals surface area contributed by atoms with Gasteiger partial charge in [-0.1, -0.05) is 84.9 Å². The summed E-state index contributed by atoms with van der Waals surface area (Å²) in [6.07, 6.45) is 1.25. The van der Waals surface area contributed by atoms with Crippen molar-refractivity contribution >= 4 is 64.6 Å². The second-order valence-corrected chi connectivity index (χ2v) is 12.2. The van der Waals surface area contributed by atoms with E-state index in [9.17, 15) is 19.8 Å². The van der Waals surface area contributed by atoms with Crippen molar-refractivity contribution in [3.05, 3.63) is 141 Å². The van der Waals surface area contributed by atoms with Crippen LogP contribution in [-0.4, -0.2) is 19.3 Å². The lowest BCUT2D eigenvalue weighted by Crippen LogP contribution is -2.22. The molecule has 0 atom stereocenters. The number of aromatic nitrogens is 2. The Bertz CT molecular complexity index is 2530. The summed E-state index contributed by atoms with van der Waals surface area (Å²) in [5.41, 5.74) is 1.75. The van der Waals surface area contributed by atoms with E-state index >= 15 is 0 Å². The lowest BCUT2D eigenvalue weighted by atomic mass is 9.86. The van der Waals surface area contributed by atoms with Crippen LogP contribution in [0.15, 0.2) is 119 Å². The Morgan fingerprint density at radius 2 is 0.696 bits per heavy atom. The first-order valence-corrected chi connectivity index (χ1v) is 15.6. The van der Waals surface area contributed by atoms with Crippen molar-refractivity contribution in [2.75, 3.05) is 0 Å². The molecule has 0 saturated heterocycles. The molecule has 46 heavy (non-hydrogen) atoms. The minimum absolute atomic E-state index is 0.0334. The van der Waals surface area contributed by atoms with Crippen molar-refractivity contribution < 1.29 is 10.2 Å². The molecule has 0 saturated carbocycles. The standard InChI is InChI=1S/C40H28N2O4/c43-37-29-15-11-25-27-13-17-31-36-32(40(46)42(39(31)45)22-20-24-9-5-2-6-10-24)18-14-28(34(27)36)26-12-16-30(35(29)33(25)26)38(44)41(37)21-19-23-7-3-1-4-8-23/h1-18,43,46H,19-22H2. The van der Waals surface area contributed by atoms with Gasteiger partial charge in [-0.2, -0.15) is 0 Å². The van der Waals surface area contributed by atoms with Gasteiger partial charge in [0.25, 0.3) is 11.1 Å². The molecular formula is C40H28N2O4. The predicted molar refractivity (Wildman–Crippen MR) is 186 cm³/mol. The van der Waals surface area contributed by atoms with Gasteiger partial charge in [0.15, 0.2) is 0 Å². The van der Waals surface area contributed by atoms with Gasteiger partial charge >= 0.3 is 0 Å². The molecule has 9 aromatic rings. The SMILES string of the molecule is O=c1c2ccc3c4ccc5c(O)n(CCc6ccccc6)c(=O)c6ccc(c7ccc(c(O)n1CCc1ccccc1)c2c73)c4c56. The highest BCUT2D eigenvalue weighted by Crippen LogP contribution is 2.46. The second kappa shape index (κ2) is 9.81. The molecule has 0 aliphatic carbocycles. The number of rotatable bonds is 6. The number of fused-ring (bicyclic) bond motifs is 2. The van der Waals surface area contributed by atoms with Gasteiger partial charge in [-0.3, -0.25) is 18.7 Å². The maximum Gasteiger partial charge on any atom is 0.261 e. The van der Waals surface area contributed by atoms with Crippen LogP contribution in [0.1, 0.15) is 11.1 Å². The molecule has 222 valence electrons.